The third kappa shape index (κ3) is 4.76. The zero-order valence-electron chi connectivity index (χ0n) is 17.6. The van der Waals surface area contributed by atoms with E-state index in [0.29, 0.717) is 19.5 Å². The van der Waals surface area contributed by atoms with E-state index in [1.54, 1.807) is 0 Å². The predicted octanol–water partition coefficient (Wildman–Crippen LogP) is 3.91. The maximum Gasteiger partial charge on any atom is 0.264 e. The summed E-state index contributed by atoms with van der Waals surface area (Å²) in [4.78, 5) is 31.2. The van der Waals surface area contributed by atoms with Gasteiger partial charge in [0.2, 0.25) is 5.91 Å². The third-order valence-electron chi connectivity index (χ3n) is 6.27. The maximum atomic E-state index is 13.4. The molecule has 2 aliphatic rings. The van der Waals surface area contributed by atoms with E-state index >= 15 is 0 Å². The Kier molecular flexibility index (Phi) is 6.85. The number of piperidine rings is 1. The van der Waals surface area contributed by atoms with E-state index in [1.165, 1.54) is 11.3 Å². The first-order valence-corrected chi connectivity index (χ1v) is 11.8. The van der Waals surface area contributed by atoms with Crippen LogP contribution in [0.5, 0.6) is 0 Å². The highest BCUT2D eigenvalue weighted by Gasteiger charge is 2.35. The molecule has 2 saturated heterocycles. The number of carbonyl (C=O) groups is 2. The van der Waals surface area contributed by atoms with E-state index < -0.39 is 0 Å². The Morgan fingerprint density at radius 3 is 2.33 bits per heavy atom. The van der Waals surface area contributed by atoms with Gasteiger partial charge in [0.25, 0.3) is 5.91 Å². The monoisotopic (exact) mass is 426 g/mol. The molecule has 2 aromatic rings. The molecule has 1 aromatic heterocycles. The second-order valence-corrected chi connectivity index (χ2v) is 9.18. The number of hydrogen-bond donors (Lipinski definition) is 0. The van der Waals surface area contributed by atoms with Crippen molar-refractivity contribution in [2.24, 2.45) is 0 Å². The molecule has 2 fully saturated rings. The molecule has 0 spiro atoms. The zero-order chi connectivity index (χ0) is 20.9. The van der Waals surface area contributed by atoms with Gasteiger partial charge in [-0.15, -0.1) is 11.3 Å². The van der Waals surface area contributed by atoms with Crippen molar-refractivity contribution in [2.45, 2.75) is 51.1 Å². The van der Waals surface area contributed by atoms with Crippen LogP contribution in [0.1, 0.15) is 46.5 Å². The molecule has 2 amide bonds. The van der Waals surface area contributed by atoms with Gasteiger partial charge in [0.15, 0.2) is 0 Å². The number of benzene rings is 1. The highest BCUT2D eigenvalue weighted by Crippen LogP contribution is 2.27. The van der Waals surface area contributed by atoms with Crippen LogP contribution in [-0.4, -0.2) is 60.0 Å². The molecule has 4 rings (SSSR count). The van der Waals surface area contributed by atoms with E-state index in [1.807, 2.05) is 53.6 Å². The Morgan fingerprint density at radius 2 is 1.70 bits per heavy atom. The van der Waals surface area contributed by atoms with E-state index in [9.17, 15) is 9.59 Å². The number of rotatable bonds is 5. The van der Waals surface area contributed by atoms with Crippen LogP contribution in [0.4, 0.5) is 0 Å². The van der Waals surface area contributed by atoms with Crippen molar-refractivity contribution in [1.82, 2.24) is 9.80 Å². The molecule has 0 unspecified atom stereocenters. The molecular weight excluding hydrogens is 396 g/mol. The molecule has 0 bridgehead atoms. The molecule has 160 valence electrons. The minimum absolute atomic E-state index is 0.133. The fourth-order valence-electron chi connectivity index (χ4n) is 4.61. The lowest BCUT2D eigenvalue weighted by atomic mass is 9.96. The van der Waals surface area contributed by atoms with Crippen LogP contribution in [-0.2, 0) is 16.0 Å². The number of nitrogens with zero attached hydrogens (tertiary/aromatic N) is 2. The van der Waals surface area contributed by atoms with E-state index in [4.69, 9.17) is 4.74 Å². The van der Waals surface area contributed by atoms with Gasteiger partial charge in [-0.2, -0.15) is 0 Å². The lowest BCUT2D eigenvalue weighted by Crippen LogP contribution is -2.54. The summed E-state index contributed by atoms with van der Waals surface area (Å²) in [6.45, 7) is 4.84. The standard InChI is InChI=1S/C24H30N2O3S/c1-18-11-16-30-23(18)24(28)25-12-7-20(8-13-25)26(21-9-14-29-15-10-21)22(27)17-19-5-3-2-4-6-19/h2-6,11,16,20-21H,7-10,12-15,17H2,1H3. The molecule has 0 saturated carbocycles. The predicted molar refractivity (Wildman–Crippen MR) is 119 cm³/mol. The first kappa shape index (κ1) is 21.1. The normalized spacial score (nSPS) is 18.4. The number of amides is 2. The first-order chi connectivity index (χ1) is 14.6. The summed E-state index contributed by atoms with van der Waals surface area (Å²) in [5, 5.41) is 1.98. The smallest absolute Gasteiger partial charge is 0.264 e. The minimum Gasteiger partial charge on any atom is -0.381 e. The van der Waals surface area contributed by atoms with Crippen LogP contribution in [0.3, 0.4) is 0 Å². The average molecular weight is 427 g/mol. The molecule has 0 N–H and O–H groups in total. The van der Waals surface area contributed by atoms with Gasteiger partial charge in [-0.1, -0.05) is 30.3 Å². The van der Waals surface area contributed by atoms with E-state index in [2.05, 4.69) is 4.90 Å². The van der Waals surface area contributed by atoms with Crippen LogP contribution in [0.15, 0.2) is 41.8 Å². The number of likely N-dealkylation sites (tertiary alicyclic amines) is 1. The first-order valence-electron chi connectivity index (χ1n) is 10.9. The topological polar surface area (TPSA) is 49.9 Å². The molecule has 0 atom stereocenters. The maximum absolute atomic E-state index is 13.4. The van der Waals surface area contributed by atoms with Crippen molar-refractivity contribution in [2.75, 3.05) is 26.3 Å². The van der Waals surface area contributed by atoms with Crippen molar-refractivity contribution in [3.8, 4) is 0 Å². The van der Waals surface area contributed by atoms with Crippen molar-refractivity contribution in [3.05, 3.63) is 57.8 Å². The van der Waals surface area contributed by atoms with Crippen LogP contribution in [0.2, 0.25) is 0 Å². The number of ether oxygens (including phenoxy) is 1. The van der Waals surface area contributed by atoms with Gasteiger partial charge in [-0.05, 0) is 55.2 Å². The Balaban J connectivity index is 1.44. The third-order valence-corrected chi connectivity index (χ3v) is 7.28. The van der Waals surface area contributed by atoms with Crippen LogP contribution in [0.25, 0.3) is 0 Å². The van der Waals surface area contributed by atoms with Gasteiger partial charge >= 0.3 is 0 Å². The second kappa shape index (κ2) is 9.75. The van der Waals surface area contributed by atoms with Gasteiger partial charge in [-0.3, -0.25) is 9.59 Å². The fourth-order valence-corrected chi connectivity index (χ4v) is 5.51. The van der Waals surface area contributed by atoms with E-state index in [-0.39, 0.29) is 23.9 Å². The minimum atomic E-state index is 0.133. The summed E-state index contributed by atoms with van der Waals surface area (Å²) < 4.78 is 5.55. The lowest BCUT2D eigenvalue weighted by Gasteiger charge is -2.43. The molecule has 0 radical (unpaired) electrons. The largest absolute Gasteiger partial charge is 0.381 e. The van der Waals surface area contributed by atoms with Gasteiger partial charge in [0, 0.05) is 38.4 Å². The Hall–Kier alpha value is -2.18. The van der Waals surface area contributed by atoms with Crippen molar-refractivity contribution >= 4 is 23.2 Å². The number of carbonyl (C=O) groups excluding carboxylic acids is 2. The van der Waals surface area contributed by atoms with Crippen LogP contribution >= 0.6 is 11.3 Å². The number of hydrogen-bond acceptors (Lipinski definition) is 4. The second-order valence-electron chi connectivity index (χ2n) is 8.26. The SMILES string of the molecule is Cc1ccsc1C(=O)N1CCC(N(C(=O)Cc2ccccc2)C2CCOCC2)CC1. The summed E-state index contributed by atoms with van der Waals surface area (Å²) >= 11 is 1.52. The molecule has 0 aliphatic carbocycles. The summed E-state index contributed by atoms with van der Waals surface area (Å²) in [5.74, 6) is 0.334. The number of aryl methyl sites for hydroxylation is 1. The van der Waals surface area contributed by atoms with Gasteiger partial charge in [0.1, 0.15) is 0 Å². The summed E-state index contributed by atoms with van der Waals surface area (Å²) in [7, 11) is 0. The van der Waals surface area contributed by atoms with E-state index in [0.717, 1.165) is 54.9 Å². The summed E-state index contributed by atoms with van der Waals surface area (Å²) in [5.41, 5.74) is 2.11. The van der Waals surface area contributed by atoms with Gasteiger partial charge in [-0.25, -0.2) is 0 Å². The quantitative estimate of drug-likeness (QED) is 0.728. The number of thiophene rings is 1. The molecule has 1 aromatic carbocycles. The summed E-state index contributed by atoms with van der Waals surface area (Å²) in [6.07, 6.45) is 3.91. The molecule has 2 aliphatic heterocycles. The van der Waals surface area contributed by atoms with Crippen molar-refractivity contribution in [1.29, 1.82) is 0 Å². The van der Waals surface area contributed by atoms with Crippen LogP contribution in [0, 0.1) is 6.92 Å². The highest BCUT2D eigenvalue weighted by atomic mass is 32.1. The lowest BCUT2D eigenvalue weighted by molar-refractivity contribution is -0.139. The average Bonchev–Trinajstić information content (AvgIpc) is 3.21. The molecular formula is C24H30N2O3S. The molecule has 3 heterocycles. The zero-order valence-corrected chi connectivity index (χ0v) is 18.4. The molecule has 6 heteroatoms. The Morgan fingerprint density at radius 1 is 1.03 bits per heavy atom. The highest BCUT2D eigenvalue weighted by molar-refractivity contribution is 7.12. The molecule has 30 heavy (non-hydrogen) atoms. The van der Waals surface area contributed by atoms with Crippen molar-refractivity contribution < 1.29 is 14.3 Å². The van der Waals surface area contributed by atoms with Crippen molar-refractivity contribution in [3.63, 3.8) is 0 Å². The van der Waals surface area contributed by atoms with Gasteiger partial charge in [0.05, 0.1) is 11.3 Å². The summed E-state index contributed by atoms with van der Waals surface area (Å²) in [6, 6.07) is 12.4. The molecule has 5 nitrogen and oxygen atoms in total. The van der Waals surface area contributed by atoms with Crippen LogP contribution < -0.4 is 0 Å². The van der Waals surface area contributed by atoms with Gasteiger partial charge < -0.3 is 14.5 Å². The Bertz CT molecular complexity index is 852. The fraction of sp³-hybridized carbons (Fsp3) is 0.500. The Labute approximate surface area is 182 Å².